The smallest absolute Gasteiger partial charge is 0.123 e. The third-order valence-corrected chi connectivity index (χ3v) is 3.31. The minimum Gasteiger partial charge on any atom is -0.397 e. The predicted molar refractivity (Wildman–Crippen MR) is 78.9 cm³/mol. The molecule has 0 spiro atoms. The van der Waals surface area contributed by atoms with E-state index in [-0.39, 0.29) is 5.82 Å². The first-order chi connectivity index (χ1) is 9.08. The van der Waals surface area contributed by atoms with Crippen LogP contribution in [0.1, 0.15) is 16.7 Å². The lowest BCUT2D eigenvalue weighted by atomic mass is 10.1. The number of aryl methyl sites for hydroxylation is 2. The van der Waals surface area contributed by atoms with Crippen molar-refractivity contribution in [2.45, 2.75) is 20.3 Å². The van der Waals surface area contributed by atoms with Gasteiger partial charge in [-0.1, -0.05) is 18.2 Å². The molecule has 0 radical (unpaired) electrons. The van der Waals surface area contributed by atoms with E-state index in [0.29, 0.717) is 0 Å². The molecule has 2 aromatic rings. The Morgan fingerprint density at radius 3 is 2.58 bits per heavy atom. The average Bonchev–Trinajstić information content (AvgIpc) is 2.35. The lowest BCUT2D eigenvalue weighted by Crippen LogP contribution is -2.09. The van der Waals surface area contributed by atoms with Crippen LogP contribution in [0.3, 0.4) is 0 Å². The van der Waals surface area contributed by atoms with Gasteiger partial charge in [0.25, 0.3) is 0 Å². The van der Waals surface area contributed by atoms with E-state index in [1.165, 1.54) is 6.07 Å². The van der Waals surface area contributed by atoms with Crippen LogP contribution in [0.5, 0.6) is 0 Å². The van der Waals surface area contributed by atoms with E-state index in [1.807, 2.05) is 38.1 Å². The molecule has 0 atom stereocenters. The van der Waals surface area contributed by atoms with Gasteiger partial charge in [-0.05, 0) is 55.2 Å². The number of anilines is 2. The minimum absolute atomic E-state index is 0.183. The fourth-order valence-electron chi connectivity index (χ4n) is 2.19. The van der Waals surface area contributed by atoms with Crippen LogP contribution in [-0.2, 0) is 6.42 Å². The van der Waals surface area contributed by atoms with Gasteiger partial charge < -0.3 is 11.1 Å². The SMILES string of the molecule is Cc1cc(F)ccc1CCNc1c(C)cccc1N. The van der Waals surface area contributed by atoms with E-state index in [1.54, 1.807) is 6.07 Å². The summed E-state index contributed by atoms with van der Waals surface area (Å²) in [6.07, 6.45) is 0.847. The molecule has 0 aromatic heterocycles. The highest BCUT2D eigenvalue weighted by Gasteiger charge is 2.03. The topological polar surface area (TPSA) is 38.0 Å². The standard InChI is InChI=1S/C16H19FN2/c1-11-4-3-5-15(18)16(11)19-9-8-13-6-7-14(17)10-12(13)2/h3-7,10,19H,8-9,18H2,1-2H3. The second kappa shape index (κ2) is 5.74. The van der Waals surface area contributed by atoms with Crippen LogP contribution in [0.2, 0.25) is 0 Å². The molecule has 3 N–H and O–H groups in total. The van der Waals surface area contributed by atoms with Gasteiger partial charge in [-0.15, -0.1) is 0 Å². The van der Waals surface area contributed by atoms with Gasteiger partial charge in [0.15, 0.2) is 0 Å². The summed E-state index contributed by atoms with van der Waals surface area (Å²) in [5.41, 5.74) is 11.0. The van der Waals surface area contributed by atoms with E-state index in [0.717, 1.165) is 41.0 Å². The van der Waals surface area contributed by atoms with Gasteiger partial charge in [0.1, 0.15) is 5.82 Å². The maximum Gasteiger partial charge on any atom is 0.123 e. The second-order valence-electron chi connectivity index (χ2n) is 4.79. The molecule has 2 nitrogen and oxygen atoms in total. The maximum atomic E-state index is 13.0. The summed E-state index contributed by atoms with van der Waals surface area (Å²) < 4.78 is 13.0. The molecule has 0 unspecified atom stereocenters. The molecule has 2 aromatic carbocycles. The van der Waals surface area contributed by atoms with Gasteiger partial charge in [-0.3, -0.25) is 0 Å². The van der Waals surface area contributed by atoms with Crippen LogP contribution in [0.4, 0.5) is 15.8 Å². The van der Waals surface area contributed by atoms with Gasteiger partial charge >= 0.3 is 0 Å². The number of nitrogens with two attached hydrogens (primary N) is 1. The molecule has 0 saturated carbocycles. The number of nitrogen functional groups attached to an aromatic ring is 1. The first-order valence-electron chi connectivity index (χ1n) is 6.42. The first kappa shape index (κ1) is 13.4. The van der Waals surface area contributed by atoms with Gasteiger partial charge in [-0.25, -0.2) is 4.39 Å². The van der Waals surface area contributed by atoms with E-state index < -0.39 is 0 Å². The lowest BCUT2D eigenvalue weighted by Gasteiger charge is -2.13. The van der Waals surface area contributed by atoms with Crippen molar-refractivity contribution < 1.29 is 4.39 Å². The number of halogens is 1. The van der Waals surface area contributed by atoms with Crippen molar-refractivity contribution in [3.8, 4) is 0 Å². The Labute approximate surface area is 113 Å². The monoisotopic (exact) mass is 258 g/mol. The average molecular weight is 258 g/mol. The maximum absolute atomic E-state index is 13.0. The van der Waals surface area contributed by atoms with Crippen molar-refractivity contribution >= 4 is 11.4 Å². The molecule has 0 aliphatic carbocycles. The van der Waals surface area contributed by atoms with Crippen molar-refractivity contribution in [3.63, 3.8) is 0 Å². The number of rotatable bonds is 4. The summed E-state index contributed by atoms with van der Waals surface area (Å²) in [4.78, 5) is 0. The molecule has 3 heteroatoms. The molecule has 0 fully saturated rings. The van der Waals surface area contributed by atoms with Gasteiger partial charge in [0.2, 0.25) is 0 Å². The van der Waals surface area contributed by atoms with Crippen LogP contribution in [0.25, 0.3) is 0 Å². The fraction of sp³-hybridized carbons (Fsp3) is 0.250. The zero-order valence-electron chi connectivity index (χ0n) is 11.3. The number of nitrogens with one attached hydrogen (secondary N) is 1. The second-order valence-corrected chi connectivity index (χ2v) is 4.79. The summed E-state index contributed by atoms with van der Waals surface area (Å²) in [6, 6.07) is 10.8. The molecule has 0 aliphatic heterocycles. The van der Waals surface area contributed by atoms with Crippen LogP contribution >= 0.6 is 0 Å². The van der Waals surface area contributed by atoms with E-state index in [4.69, 9.17) is 5.73 Å². The fourth-order valence-corrected chi connectivity index (χ4v) is 2.19. The molecule has 0 saturated heterocycles. The molecule has 0 amide bonds. The Hall–Kier alpha value is -2.03. The van der Waals surface area contributed by atoms with Crippen molar-refractivity contribution in [1.82, 2.24) is 0 Å². The van der Waals surface area contributed by atoms with Crippen LogP contribution in [0, 0.1) is 19.7 Å². The highest BCUT2D eigenvalue weighted by Crippen LogP contribution is 2.22. The summed E-state index contributed by atoms with van der Waals surface area (Å²) in [5, 5.41) is 3.35. The summed E-state index contributed by atoms with van der Waals surface area (Å²) in [7, 11) is 0. The van der Waals surface area contributed by atoms with Crippen LogP contribution in [-0.4, -0.2) is 6.54 Å². The molecule has 0 aliphatic rings. The Morgan fingerprint density at radius 1 is 1.11 bits per heavy atom. The van der Waals surface area contributed by atoms with Crippen LogP contribution in [0.15, 0.2) is 36.4 Å². The first-order valence-corrected chi connectivity index (χ1v) is 6.42. The third kappa shape index (κ3) is 3.25. The van der Waals surface area contributed by atoms with E-state index >= 15 is 0 Å². The van der Waals surface area contributed by atoms with E-state index in [2.05, 4.69) is 5.32 Å². The van der Waals surface area contributed by atoms with Crippen molar-refractivity contribution in [1.29, 1.82) is 0 Å². The molecule has 2 rings (SSSR count). The minimum atomic E-state index is -0.183. The molecule has 0 heterocycles. The van der Waals surface area contributed by atoms with Crippen molar-refractivity contribution in [2.24, 2.45) is 0 Å². The van der Waals surface area contributed by atoms with Gasteiger partial charge in [-0.2, -0.15) is 0 Å². The quantitative estimate of drug-likeness (QED) is 0.821. The third-order valence-electron chi connectivity index (χ3n) is 3.31. The highest BCUT2D eigenvalue weighted by molar-refractivity contribution is 5.69. The zero-order valence-corrected chi connectivity index (χ0v) is 11.3. The van der Waals surface area contributed by atoms with Crippen LogP contribution < -0.4 is 11.1 Å². The van der Waals surface area contributed by atoms with Gasteiger partial charge in [0, 0.05) is 6.54 Å². The molecule has 19 heavy (non-hydrogen) atoms. The molecule has 100 valence electrons. The molecule has 0 bridgehead atoms. The molecular weight excluding hydrogens is 239 g/mol. The number of benzene rings is 2. The Morgan fingerprint density at radius 2 is 1.89 bits per heavy atom. The Balaban J connectivity index is 2.00. The number of hydrogen-bond acceptors (Lipinski definition) is 2. The Kier molecular flexibility index (Phi) is 4.05. The van der Waals surface area contributed by atoms with Gasteiger partial charge in [0.05, 0.1) is 11.4 Å². The normalized spacial score (nSPS) is 10.5. The predicted octanol–water partition coefficient (Wildman–Crippen LogP) is 3.68. The van der Waals surface area contributed by atoms with E-state index in [9.17, 15) is 4.39 Å². The summed E-state index contributed by atoms with van der Waals surface area (Å²) >= 11 is 0. The highest BCUT2D eigenvalue weighted by atomic mass is 19.1. The number of para-hydroxylation sites is 1. The van der Waals surface area contributed by atoms with Crippen molar-refractivity contribution in [2.75, 3.05) is 17.6 Å². The lowest BCUT2D eigenvalue weighted by molar-refractivity contribution is 0.625. The zero-order chi connectivity index (χ0) is 13.8. The molecular formula is C16H19FN2. The van der Waals surface area contributed by atoms with Crippen molar-refractivity contribution in [3.05, 3.63) is 58.9 Å². The summed E-state index contributed by atoms with van der Waals surface area (Å²) in [6.45, 7) is 4.74. The Bertz CT molecular complexity index is 559. The summed E-state index contributed by atoms with van der Waals surface area (Å²) in [5.74, 6) is -0.183. The number of hydrogen-bond donors (Lipinski definition) is 2. The largest absolute Gasteiger partial charge is 0.397 e.